The normalized spacial score (nSPS) is 20.3. The highest BCUT2D eigenvalue weighted by atomic mass is 127. The summed E-state index contributed by atoms with van der Waals surface area (Å²) in [7, 11) is 0. The number of fused-ring (bicyclic) bond motifs is 1. The molecule has 1 aromatic rings. The number of ether oxygens (including phenoxy) is 1. The van der Waals surface area contributed by atoms with Crippen molar-refractivity contribution in [2.24, 2.45) is 0 Å². The second-order valence-corrected chi connectivity index (χ2v) is 5.90. The van der Waals surface area contributed by atoms with Crippen LogP contribution in [0.2, 0.25) is 0 Å². The van der Waals surface area contributed by atoms with Crippen molar-refractivity contribution in [3.8, 4) is 0 Å². The van der Waals surface area contributed by atoms with Gasteiger partial charge in [0.15, 0.2) is 0 Å². The maximum Gasteiger partial charge on any atom is 0.270 e. The molecule has 2 heterocycles. The van der Waals surface area contributed by atoms with Crippen LogP contribution >= 0.6 is 22.6 Å². The molecule has 5 nitrogen and oxygen atoms in total. The van der Waals surface area contributed by atoms with Crippen LogP contribution in [-0.4, -0.2) is 35.6 Å². The first-order chi connectivity index (χ1) is 8.65. The van der Waals surface area contributed by atoms with Crippen LogP contribution in [0.15, 0.2) is 12.1 Å². The summed E-state index contributed by atoms with van der Waals surface area (Å²) in [5.41, 5.74) is 2.58. The van der Waals surface area contributed by atoms with Crippen molar-refractivity contribution in [2.75, 3.05) is 19.8 Å². The number of halogens is 1. The standard InChI is InChI=1S/C12H13IN2O3/c13-12-4-9(15(16)17)3-8-5-14(2-1-11(8)12)10-6-18-7-10/h3-4,10H,1-2,5-7H2. The Morgan fingerprint density at radius 1 is 1.44 bits per heavy atom. The largest absolute Gasteiger partial charge is 0.378 e. The van der Waals surface area contributed by atoms with Gasteiger partial charge in [-0.3, -0.25) is 15.0 Å². The Hall–Kier alpha value is -0.730. The fourth-order valence-electron chi connectivity index (χ4n) is 2.50. The van der Waals surface area contributed by atoms with E-state index in [1.807, 2.05) is 0 Å². The summed E-state index contributed by atoms with van der Waals surface area (Å²) in [6.07, 6.45) is 0.974. The lowest BCUT2D eigenvalue weighted by molar-refractivity contribution is -0.385. The summed E-state index contributed by atoms with van der Waals surface area (Å²) < 4.78 is 6.23. The van der Waals surface area contributed by atoms with E-state index in [9.17, 15) is 10.1 Å². The summed E-state index contributed by atoms with van der Waals surface area (Å²) in [4.78, 5) is 12.9. The number of hydrogen-bond donors (Lipinski definition) is 0. The summed E-state index contributed by atoms with van der Waals surface area (Å²) >= 11 is 2.20. The minimum Gasteiger partial charge on any atom is -0.378 e. The second kappa shape index (κ2) is 4.75. The molecule has 0 N–H and O–H groups in total. The number of rotatable bonds is 2. The zero-order valence-corrected chi connectivity index (χ0v) is 11.9. The van der Waals surface area contributed by atoms with Gasteiger partial charge in [-0.2, -0.15) is 0 Å². The molecule has 0 unspecified atom stereocenters. The molecule has 2 aliphatic rings. The summed E-state index contributed by atoms with van der Waals surface area (Å²) in [6, 6.07) is 3.89. The number of non-ortho nitro benzene ring substituents is 1. The van der Waals surface area contributed by atoms with Gasteiger partial charge in [0.2, 0.25) is 0 Å². The van der Waals surface area contributed by atoms with Crippen molar-refractivity contribution < 1.29 is 9.66 Å². The first-order valence-corrected chi connectivity index (χ1v) is 7.00. The minimum absolute atomic E-state index is 0.199. The Bertz CT molecular complexity index is 502. The molecule has 0 atom stereocenters. The maximum atomic E-state index is 10.9. The van der Waals surface area contributed by atoms with Crippen LogP contribution in [0.5, 0.6) is 0 Å². The quantitative estimate of drug-likeness (QED) is 0.460. The van der Waals surface area contributed by atoms with Gasteiger partial charge in [0.05, 0.1) is 24.2 Å². The maximum absolute atomic E-state index is 10.9. The predicted molar refractivity (Wildman–Crippen MR) is 74.5 cm³/mol. The van der Waals surface area contributed by atoms with Gasteiger partial charge in [0, 0.05) is 28.8 Å². The van der Waals surface area contributed by atoms with E-state index in [0.717, 1.165) is 41.9 Å². The molecule has 2 aliphatic heterocycles. The number of nitrogens with zero attached hydrogens (tertiary/aromatic N) is 2. The molecule has 0 aromatic heterocycles. The zero-order chi connectivity index (χ0) is 12.7. The molecule has 0 radical (unpaired) electrons. The molecule has 0 amide bonds. The van der Waals surface area contributed by atoms with Crippen molar-refractivity contribution in [3.05, 3.63) is 36.9 Å². The highest BCUT2D eigenvalue weighted by molar-refractivity contribution is 14.1. The van der Waals surface area contributed by atoms with E-state index in [0.29, 0.717) is 6.04 Å². The molecule has 1 aromatic carbocycles. The number of hydrogen-bond acceptors (Lipinski definition) is 4. The first-order valence-electron chi connectivity index (χ1n) is 5.92. The Morgan fingerprint density at radius 3 is 2.83 bits per heavy atom. The summed E-state index contributed by atoms with van der Waals surface area (Å²) in [5.74, 6) is 0. The van der Waals surface area contributed by atoms with Gasteiger partial charge in [-0.1, -0.05) is 0 Å². The van der Waals surface area contributed by atoms with Crippen LogP contribution in [0.4, 0.5) is 5.69 Å². The van der Waals surface area contributed by atoms with E-state index < -0.39 is 0 Å². The third kappa shape index (κ3) is 2.12. The molecule has 1 saturated heterocycles. The summed E-state index contributed by atoms with van der Waals surface area (Å²) in [5, 5.41) is 10.9. The Kier molecular flexibility index (Phi) is 3.25. The third-order valence-electron chi connectivity index (χ3n) is 3.64. The number of nitro benzene ring substituents is 1. The van der Waals surface area contributed by atoms with Gasteiger partial charge in [0.1, 0.15) is 0 Å². The summed E-state index contributed by atoms with van der Waals surface area (Å²) in [6.45, 7) is 3.42. The van der Waals surface area contributed by atoms with Crippen molar-refractivity contribution in [3.63, 3.8) is 0 Å². The van der Waals surface area contributed by atoms with Crippen LogP contribution < -0.4 is 0 Å². The fourth-order valence-corrected chi connectivity index (χ4v) is 3.44. The molecule has 96 valence electrons. The molecular weight excluding hydrogens is 347 g/mol. The smallest absolute Gasteiger partial charge is 0.270 e. The highest BCUT2D eigenvalue weighted by Gasteiger charge is 2.30. The van der Waals surface area contributed by atoms with Crippen molar-refractivity contribution >= 4 is 28.3 Å². The lowest BCUT2D eigenvalue weighted by Crippen LogP contribution is -2.50. The van der Waals surface area contributed by atoms with Gasteiger partial charge < -0.3 is 4.74 Å². The number of benzene rings is 1. The minimum atomic E-state index is -0.312. The van der Waals surface area contributed by atoms with E-state index >= 15 is 0 Å². The van der Waals surface area contributed by atoms with Crippen LogP contribution in [0, 0.1) is 13.7 Å². The van der Waals surface area contributed by atoms with Crippen LogP contribution in [0.25, 0.3) is 0 Å². The first kappa shape index (κ1) is 12.3. The average molecular weight is 360 g/mol. The zero-order valence-electron chi connectivity index (χ0n) is 9.76. The second-order valence-electron chi connectivity index (χ2n) is 4.73. The van der Waals surface area contributed by atoms with Crippen molar-refractivity contribution in [2.45, 2.75) is 19.0 Å². The van der Waals surface area contributed by atoms with Crippen LogP contribution in [0.3, 0.4) is 0 Å². The molecule has 0 spiro atoms. The van der Waals surface area contributed by atoms with E-state index in [4.69, 9.17) is 4.74 Å². The average Bonchev–Trinajstić information content (AvgIpc) is 2.26. The Labute approximate surface area is 118 Å². The van der Waals surface area contributed by atoms with Gasteiger partial charge in [-0.25, -0.2) is 0 Å². The Balaban J connectivity index is 1.90. The fraction of sp³-hybridized carbons (Fsp3) is 0.500. The van der Waals surface area contributed by atoms with Gasteiger partial charge in [-0.05, 0) is 40.1 Å². The van der Waals surface area contributed by atoms with Crippen molar-refractivity contribution in [1.29, 1.82) is 0 Å². The van der Waals surface area contributed by atoms with Crippen LogP contribution in [0.1, 0.15) is 11.1 Å². The van der Waals surface area contributed by atoms with E-state index in [2.05, 4.69) is 27.5 Å². The van der Waals surface area contributed by atoms with Crippen LogP contribution in [-0.2, 0) is 17.7 Å². The molecule has 6 heteroatoms. The SMILES string of the molecule is O=[N+]([O-])c1cc(I)c2c(c1)CN(C1COC1)CC2. The monoisotopic (exact) mass is 360 g/mol. The molecular formula is C12H13IN2O3. The van der Waals surface area contributed by atoms with Gasteiger partial charge >= 0.3 is 0 Å². The Morgan fingerprint density at radius 2 is 2.22 bits per heavy atom. The van der Waals surface area contributed by atoms with Crippen molar-refractivity contribution in [1.82, 2.24) is 4.90 Å². The van der Waals surface area contributed by atoms with E-state index in [1.165, 1.54) is 5.56 Å². The lowest BCUT2D eigenvalue weighted by atomic mass is 9.97. The van der Waals surface area contributed by atoms with Gasteiger partial charge in [-0.15, -0.1) is 0 Å². The number of nitro groups is 1. The van der Waals surface area contributed by atoms with E-state index in [-0.39, 0.29) is 10.6 Å². The van der Waals surface area contributed by atoms with E-state index in [1.54, 1.807) is 12.1 Å². The molecule has 0 aliphatic carbocycles. The lowest BCUT2D eigenvalue weighted by Gasteiger charge is -2.40. The molecule has 0 bridgehead atoms. The molecule has 18 heavy (non-hydrogen) atoms. The third-order valence-corrected chi connectivity index (χ3v) is 4.61. The van der Waals surface area contributed by atoms with Gasteiger partial charge in [0.25, 0.3) is 5.69 Å². The molecule has 3 rings (SSSR count). The molecule has 0 saturated carbocycles. The predicted octanol–water partition coefficient (Wildman–Crippen LogP) is 1.96. The highest BCUT2D eigenvalue weighted by Crippen LogP contribution is 2.30. The topological polar surface area (TPSA) is 55.6 Å². The molecule has 1 fully saturated rings.